The standard InChI is InChI=1S/C12H10N4OS/c13-11(18)8-3-1-4-9(7-8)12(17)15-10-5-2-6-14-16-10/h1-7H,(H2,13,18)(H,15,16,17). The molecule has 3 N–H and O–H groups in total. The zero-order chi connectivity index (χ0) is 13.0. The second kappa shape index (κ2) is 5.33. The Kier molecular flexibility index (Phi) is 3.59. The third kappa shape index (κ3) is 2.86. The van der Waals surface area contributed by atoms with E-state index in [2.05, 4.69) is 15.5 Å². The molecule has 0 atom stereocenters. The van der Waals surface area contributed by atoms with Crippen molar-refractivity contribution in [1.29, 1.82) is 0 Å². The molecular weight excluding hydrogens is 248 g/mol. The lowest BCUT2D eigenvalue weighted by Gasteiger charge is -2.05. The number of benzene rings is 1. The summed E-state index contributed by atoms with van der Waals surface area (Å²) in [6.07, 6.45) is 1.53. The SMILES string of the molecule is NC(=S)c1cccc(C(=O)Nc2cccnn2)c1. The van der Waals surface area contributed by atoms with Crippen molar-refractivity contribution >= 4 is 28.9 Å². The fourth-order valence-electron chi connectivity index (χ4n) is 1.37. The molecule has 1 aromatic carbocycles. The minimum absolute atomic E-state index is 0.254. The summed E-state index contributed by atoms with van der Waals surface area (Å²) in [6, 6.07) is 10.1. The molecule has 2 aromatic rings. The molecule has 2 rings (SSSR count). The number of nitrogens with two attached hydrogens (primary N) is 1. The van der Waals surface area contributed by atoms with Crippen molar-refractivity contribution in [3.8, 4) is 0 Å². The molecule has 1 aromatic heterocycles. The predicted molar refractivity (Wildman–Crippen MR) is 72.3 cm³/mol. The van der Waals surface area contributed by atoms with E-state index < -0.39 is 0 Å². The molecule has 90 valence electrons. The first-order valence-electron chi connectivity index (χ1n) is 5.16. The zero-order valence-corrected chi connectivity index (χ0v) is 10.1. The highest BCUT2D eigenvalue weighted by molar-refractivity contribution is 7.80. The first kappa shape index (κ1) is 12.1. The number of thiocarbonyl (C=S) groups is 1. The average Bonchev–Trinajstić information content (AvgIpc) is 2.40. The predicted octanol–water partition coefficient (Wildman–Crippen LogP) is 1.36. The van der Waals surface area contributed by atoms with Gasteiger partial charge in [-0.1, -0.05) is 24.4 Å². The summed E-state index contributed by atoms with van der Waals surface area (Å²) >= 11 is 4.86. The van der Waals surface area contributed by atoms with Gasteiger partial charge in [-0.25, -0.2) is 0 Å². The van der Waals surface area contributed by atoms with Crippen LogP contribution in [-0.2, 0) is 0 Å². The summed E-state index contributed by atoms with van der Waals surface area (Å²) in [6.45, 7) is 0. The summed E-state index contributed by atoms with van der Waals surface area (Å²) in [5, 5.41) is 10.1. The van der Waals surface area contributed by atoms with Gasteiger partial charge in [-0.3, -0.25) is 4.79 Å². The van der Waals surface area contributed by atoms with Gasteiger partial charge < -0.3 is 11.1 Å². The maximum Gasteiger partial charge on any atom is 0.256 e. The first-order chi connectivity index (χ1) is 8.66. The maximum atomic E-state index is 11.9. The van der Waals surface area contributed by atoms with Crippen molar-refractivity contribution < 1.29 is 4.79 Å². The Bertz CT molecular complexity index is 586. The number of nitrogens with one attached hydrogen (secondary N) is 1. The molecule has 0 radical (unpaired) electrons. The largest absolute Gasteiger partial charge is 0.389 e. The van der Waals surface area contributed by atoms with Crippen LogP contribution >= 0.6 is 12.2 Å². The highest BCUT2D eigenvalue weighted by atomic mass is 32.1. The molecule has 5 nitrogen and oxygen atoms in total. The van der Waals surface area contributed by atoms with E-state index in [0.717, 1.165) is 0 Å². The fraction of sp³-hybridized carbons (Fsp3) is 0. The van der Waals surface area contributed by atoms with Crippen LogP contribution in [0.25, 0.3) is 0 Å². The van der Waals surface area contributed by atoms with Crippen LogP contribution in [0.1, 0.15) is 15.9 Å². The number of hydrogen-bond acceptors (Lipinski definition) is 4. The number of aromatic nitrogens is 2. The monoisotopic (exact) mass is 258 g/mol. The highest BCUT2D eigenvalue weighted by Gasteiger charge is 2.08. The van der Waals surface area contributed by atoms with E-state index in [1.54, 1.807) is 36.4 Å². The molecule has 0 aliphatic carbocycles. The smallest absolute Gasteiger partial charge is 0.256 e. The van der Waals surface area contributed by atoms with Crippen LogP contribution in [0.2, 0.25) is 0 Å². The zero-order valence-electron chi connectivity index (χ0n) is 9.33. The van der Waals surface area contributed by atoms with E-state index in [1.807, 2.05) is 0 Å². The number of nitrogens with zero attached hydrogens (tertiary/aromatic N) is 2. The molecule has 0 spiro atoms. The normalized spacial score (nSPS) is 9.78. The first-order valence-corrected chi connectivity index (χ1v) is 5.56. The topological polar surface area (TPSA) is 80.9 Å². The summed E-state index contributed by atoms with van der Waals surface area (Å²) in [5.41, 5.74) is 6.63. The maximum absolute atomic E-state index is 11.9. The third-order valence-corrected chi connectivity index (χ3v) is 2.46. The highest BCUT2D eigenvalue weighted by Crippen LogP contribution is 2.08. The van der Waals surface area contributed by atoms with Gasteiger partial charge in [-0.05, 0) is 24.3 Å². The minimum Gasteiger partial charge on any atom is -0.389 e. The number of anilines is 1. The van der Waals surface area contributed by atoms with Gasteiger partial charge in [0.05, 0.1) is 0 Å². The van der Waals surface area contributed by atoms with Crippen LogP contribution in [-0.4, -0.2) is 21.1 Å². The van der Waals surface area contributed by atoms with Crippen molar-refractivity contribution in [1.82, 2.24) is 10.2 Å². The third-order valence-electron chi connectivity index (χ3n) is 2.22. The van der Waals surface area contributed by atoms with Gasteiger partial charge in [-0.2, -0.15) is 5.10 Å². The molecule has 0 unspecified atom stereocenters. The Hall–Kier alpha value is -2.34. The number of rotatable bonds is 3. The van der Waals surface area contributed by atoms with Crippen molar-refractivity contribution in [2.75, 3.05) is 5.32 Å². The quantitative estimate of drug-likeness (QED) is 0.812. The summed E-state index contributed by atoms with van der Waals surface area (Å²) in [5.74, 6) is 0.108. The lowest BCUT2D eigenvalue weighted by Crippen LogP contribution is -2.15. The van der Waals surface area contributed by atoms with Gasteiger partial charge in [0.1, 0.15) is 4.99 Å². The van der Waals surface area contributed by atoms with Gasteiger partial charge in [-0.15, -0.1) is 5.10 Å². The Morgan fingerprint density at radius 1 is 1.22 bits per heavy atom. The summed E-state index contributed by atoms with van der Waals surface area (Å²) < 4.78 is 0. The van der Waals surface area contributed by atoms with Crippen LogP contribution in [0.15, 0.2) is 42.6 Å². The lowest BCUT2D eigenvalue weighted by molar-refractivity contribution is 0.102. The van der Waals surface area contributed by atoms with Gasteiger partial charge in [0, 0.05) is 17.3 Å². The molecule has 0 saturated carbocycles. The summed E-state index contributed by atoms with van der Waals surface area (Å²) in [7, 11) is 0. The minimum atomic E-state index is -0.284. The van der Waals surface area contributed by atoms with Gasteiger partial charge in [0.2, 0.25) is 0 Å². The Morgan fingerprint density at radius 2 is 2.00 bits per heavy atom. The molecule has 18 heavy (non-hydrogen) atoms. The molecule has 6 heteroatoms. The van der Waals surface area contributed by atoms with Crippen LogP contribution in [0.4, 0.5) is 5.82 Å². The van der Waals surface area contributed by atoms with Crippen molar-refractivity contribution in [2.24, 2.45) is 5.73 Å². The Morgan fingerprint density at radius 3 is 2.67 bits per heavy atom. The van der Waals surface area contributed by atoms with Crippen LogP contribution in [0.5, 0.6) is 0 Å². The van der Waals surface area contributed by atoms with Gasteiger partial charge in [0.15, 0.2) is 5.82 Å². The van der Waals surface area contributed by atoms with Crippen LogP contribution < -0.4 is 11.1 Å². The van der Waals surface area contributed by atoms with E-state index in [-0.39, 0.29) is 10.9 Å². The summed E-state index contributed by atoms with van der Waals surface area (Å²) in [4.78, 5) is 12.2. The van der Waals surface area contributed by atoms with Gasteiger partial charge >= 0.3 is 0 Å². The lowest BCUT2D eigenvalue weighted by atomic mass is 10.1. The number of carbonyl (C=O) groups is 1. The van der Waals surface area contributed by atoms with Crippen LogP contribution in [0, 0.1) is 0 Å². The number of amides is 1. The Labute approximate surface area is 109 Å². The molecule has 1 heterocycles. The van der Waals surface area contributed by atoms with E-state index in [0.29, 0.717) is 16.9 Å². The molecule has 0 aliphatic rings. The van der Waals surface area contributed by atoms with Crippen molar-refractivity contribution in [3.63, 3.8) is 0 Å². The van der Waals surface area contributed by atoms with Crippen molar-refractivity contribution in [2.45, 2.75) is 0 Å². The number of carbonyl (C=O) groups excluding carboxylic acids is 1. The Balaban J connectivity index is 2.19. The molecular formula is C12H10N4OS. The second-order valence-electron chi connectivity index (χ2n) is 3.51. The van der Waals surface area contributed by atoms with Crippen molar-refractivity contribution in [3.05, 3.63) is 53.7 Å². The molecule has 0 bridgehead atoms. The molecule has 0 fully saturated rings. The van der Waals surface area contributed by atoms with E-state index in [9.17, 15) is 4.79 Å². The average molecular weight is 258 g/mol. The molecule has 0 saturated heterocycles. The van der Waals surface area contributed by atoms with E-state index in [4.69, 9.17) is 18.0 Å². The van der Waals surface area contributed by atoms with E-state index in [1.165, 1.54) is 6.20 Å². The molecule has 0 aliphatic heterocycles. The fourth-order valence-corrected chi connectivity index (χ4v) is 1.50. The van der Waals surface area contributed by atoms with E-state index >= 15 is 0 Å². The van der Waals surface area contributed by atoms with Gasteiger partial charge in [0.25, 0.3) is 5.91 Å². The second-order valence-corrected chi connectivity index (χ2v) is 3.95. The number of hydrogen-bond donors (Lipinski definition) is 2. The molecule has 1 amide bonds. The van der Waals surface area contributed by atoms with Crippen LogP contribution in [0.3, 0.4) is 0 Å².